The third kappa shape index (κ3) is 3.89. The van der Waals surface area contributed by atoms with Gasteiger partial charge in [-0.1, -0.05) is 17.7 Å². The van der Waals surface area contributed by atoms with Gasteiger partial charge < -0.3 is 15.1 Å². The topological polar surface area (TPSA) is 69.7 Å². The molecule has 140 valence electrons. The van der Waals surface area contributed by atoms with E-state index in [0.29, 0.717) is 39.0 Å². The normalized spacial score (nSPS) is 21.2. The van der Waals surface area contributed by atoms with E-state index in [-0.39, 0.29) is 36.0 Å². The van der Waals surface area contributed by atoms with Gasteiger partial charge in [-0.05, 0) is 38.8 Å². The number of likely N-dealkylation sites (tertiary alicyclic amines) is 1. The third-order valence-electron chi connectivity index (χ3n) is 5.35. The molecule has 3 rings (SSSR count). The van der Waals surface area contributed by atoms with Crippen LogP contribution in [0.3, 0.4) is 0 Å². The fraction of sp³-hybridized carbons (Fsp3) is 0.550. The first-order chi connectivity index (χ1) is 12.5. The van der Waals surface area contributed by atoms with Crippen molar-refractivity contribution in [2.75, 3.05) is 31.1 Å². The first-order valence-corrected chi connectivity index (χ1v) is 9.43. The maximum absolute atomic E-state index is 12.8. The highest BCUT2D eigenvalue weighted by molar-refractivity contribution is 6.00. The summed E-state index contributed by atoms with van der Waals surface area (Å²) in [4.78, 5) is 40.7. The molecular weight excluding hydrogens is 330 g/mol. The average Bonchev–Trinajstić information content (AvgIpc) is 3.04. The van der Waals surface area contributed by atoms with Crippen LogP contribution in [0, 0.1) is 18.8 Å². The molecule has 6 nitrogen and oxygen atoms in total. The largest absolute Gasteiger partial charge is 0.356 e. The van der Waals surface area contributed by atoms with Crippen molar-refractivity contribution in [3.8, 4) is 0 Å². The molecular formula is C20H27N3O3. The van der Waals surface area contributed by atoms with Gasteiger partial charge in [0.2, 0.25) is 17.7 Å². The van der Waals surface area contributed by atoms with E-state index in [0.717, 1.165) is 11.3 Å². The van der Waals surface area contributed by atoms with Crippen LogP contribution in [-0.4, -0.2) is 48.8 Å². The number of nitrogens with one attached hydrogen (secondary N) is 1. The van der Waals surface area contributed by atoms with Crippen molar-refractivity contribution < 1.29 is 14.4 Å². The van der Waals surface area contributed by atoms with Crippen LogP contribution >= 0.6 is 0 Å². The Hall–Kier alpha value is -2.37. The van der Waals surface area contributed by atoms with Crippen molar-refractivity contribution >= 4 is 23.4 Å². The van der Waals surface area contributed by atoms with E-state index in [1.54, 1.807) is 4.90 Å². The molecule has 1 N–H and O–H groups in total. The van der Waals surface area contributed by atoms with Crippen LogP contribution in [0.25, 0.3) is 0 Å². The molecule has 2 heterocycles. The molecule has 1 atom stereocenters. The highest BCUT2D eigenvalue weighted by Gasteiger charge is 2.38. The van der Waals surface area contributed by atoms with Crippen LogP contribution in [0.15, 0.2) is 24.3 Å². The van der Waals surface area contributed by atoms with Gasteiger partial charge in [0.15, 0.2) is 0 Å². The number of hydrogen-bond acceptors (Lipinski definition) is 3. The zero-order valence-corrected chi connectivity index (χ0v) is 15.5. The minimum atomic E-state index is -0.287. The summed E-state index contributed by atoms with van der Waals surface area (Å²) in [6.45, 7) is 6.18. The lowest BCUT2D eigenvalue weighted by Crippen LogP contribution is -2.45. The first-order valence-electron chi connectivity index (χ1n) is 9.43. The van der Waals surface area contributed by atoms with Gasteiger partial charge in [0.1, 0.15) is 0 Å². The summed E-state index contributed by atoms with van der Waals surface area (Å²) in [5.74, 6) is -0.161. The molecule has 0 aliphatic carbocycles. The minimum absolute atomic E-state index is 0.00409. The van der Waals surface area contributed by atoms with E-state index >= 15 is 0 Å². The van der Waals surface area contributed by atoms with Crippen LogP contribution in [-0.2, 0) is 14.4 Å². The summed E-state index contributed by atoms with van der Waals surface area (Å²) in [6.07, 6.45) is 1.66. The van der Waals surface area contributed by atoms with Crippen molar-refractivity contribution in [2.24, 2.45) is 11.8 Å². The zero-order chi connectivity index (χ0) is 18.7. The van der Waals surface area contributed by atoms with Crippen LogP contribution in [0.1, 0.15) is 31.7 Å². The second-order valence-electron chi connectivity index (χ2n) is 7.24. The molecule has 1 aromatic rings. The number of amides is 3. The lowest BCUT2D eigenvalue weighted by molar-refractivity contribution is -0.139. The molecule has 6 heteroatoms. The third-order valence-corrected chi connectivity index (χ3v) is 5.35. The molecule has 1 aromatic carbocycles. The van der Waals surface area contributed by atoms with Crippen molar-refractivity contribution in [2.45, 2.75) is 33.1 Å². The van der Waals surface area contributed by atoms with Crippen LogP contribution < -0.4 is 10.2 Å². The molecule has 26 heavy (non-hydrogen) atoms. The Labute approximate surface area is 154 Å². The van der Waals surface area contributed by atoms with Gasteiger partial charge in [0.25, 0.3) is 0 Å². The van der Waals surface area contributed by atoms with Gasteiger partial charge in [-0.2, -0.15) is 0 Å². The lowest BCUT2D eigenvalue weighted by Gasteiger charge is -2.32. The van der Waals surface area contributed by atoms with Gasteiger partial charge in [0.05, 0.1) is 5.92 Å². The summed E-state index contributed by atoms with van der Waals surface area (Å²) in [7, 11) is 0. The van der Waals surface area contributed by atoms with Crippen molar-refractivity contribution in [3.05, 3.63) is 29.8 Å². The molecule has 0 radical (unpaired) electrons. The van der Waals surface area contributed by atoms with Crippen LogP contribution in [0.2, 0.25) is 0 Å². The maximum atomic E-state index is 12.8. The highest BCUT2D eigenvalue weighted by atomic mass is 16.2. The predicted octanol–water partition coefficient (Wildman–Crippen LogP) is 1.72. The van der Waals surface area contributed by atoms with Gasteiger partial charge in [0, 0.05) is 44.2 Å². The molecule has 2 aliphatic rings. The smallest absolute Gasteiger partial charge is 0.228 e. The molecule has 1 unspecified atom stereocenters. The van der Waals surface area contributed by atoms with E-state index in [2.05, 4.69) is 5.32 Å². The fourth-order valence-electron chi connectivity index (χ4n) is 3.79. The Bertz CT molecular complexity index is 678. The Morgan fingerprint density at radius 2 is 1.77 bits per heavy atom. The summed E-state index contributed by atoms with van der Waals surface area (Å²) in [5, 5.41) is 2.85. The number of aryl methyl sites for hydroxylation is 1. The van der Waals surface area contributed by atoms with E-state index in [1.807, 2.05) is 43.0 Å². The fourth-order valence-corrected chi connectivity index (χ4v) is 3.79. The average molecular weight is 357 g/mol. The minimum Gasteiger partial charge on any atom is -0.356 e. The maximum Gasteiger partial charge on any atom is 0.228 e. The molecule has 2 saturated heterocycles. The van der Waals surface area contributed by atoms with Crippen LogP contribution in [0.4, 0.5) is 5.69 Å². The molecule has 0 saturated carbocycles. The SMILES string of the molecule is CCNC(=O)C1CCN(C(=O)C2CC(=O)N(c3ccc(C)cc3)C2)CC1. The van der Waals surface area contributed by atoms with E-state index in [4.69, 9.17) is 0 Å². The second-order valence-corrected chi connectivity index (χ2v) is 7.24. The zero-order valence-electron chi connectivity index (χ0n) is 15.5. The lowest BCUT2D eigenvalue weighted by atomic mass is 9.94. The number of rotatable bonds is 4. The standard InChI is InChI=1S/C20H27N3O3/c1-3-21-19(25)15-8-10-22(11-9-15)20(26)16-12-18(24)23(13-16)17-6-4-14(2)5-7-17/h4-7,15-16H,3,8-13H2,1-2H3,(H,21,25). The number of nitrogens with zero attached hydrogens (tertiary/aromatic N) is 2. The number of benzene rings is 1. The number of carbonyl (C=O) groups is 3. The van der Waals surface area contributed by atoms with E-state index in [9.17, 15) is 14.4 Å². The molecule has 0 bridgehead atoms. The number of carbonyl (C=O) groups excluding carboxylic acids is 3. The van der Waals surface area contributed by atoms with E-state index < -0.39 is 0 Å². The Balaban J connectivity index is 1.57. The predicted molar refractivity (Wildman–Crippen MR) is 99.6 cm³/mol. The Morgan fingerprint density at radius 3 is 2.38 bits per heavy atom. The summed E-state index contributed by atoms with van der Waals surface area (Å²) in [6, 6.07) is 7.81. The number of piperidine rings is 1. The molecule has 3 amide bonds. The second kappa shape index (κ2) is 7.89. The van der Waals surface area contributed by atoms with Gasteiger partial charge in [-0.15, -0.1) is 0 Å². The van der Waals surface area contributed by atoms with Crippen molar-refractivity contribution in [1.82, 2.24) is 10.2 Å². The van der Waals surface area contributed by atoms with Crippen molar-refractivity contribution in [3.63, 3.8) is 0 Å². The number of hydrogen-bond donors (Lipinski definition) is 1. The summed E-state index contributed by atoms with van der Waals surface area (Å²) < 4.78 is 0. The van der Waals surface area contributed by atoms with Crippen LogP contribution in [0.5, 0.6) is 0 Å². The summed E-state index contributed by atoms with van der Waals surface area (Å²) >= 11 is 0. The summed E-state index contributed by atoms with van der Waals surface area (Å²) in [5.41, 5.74) is 1.99. The Morgan fingerprint density at radius 1 is 1.12 bits per heavy atom. The van der Waals surface area contributed by atoms with Gasteiger partial charge >= 0.3 is 0 Å². The monoisotopic (exact) mass is 357 g/mol. The number of anilines is 1. The van der Waals surface area contributed by atoms with E-state index in [1.165, 1.54) is 0 Å². The van der Waals surface area contributed by atoms with Gasteiger partial charge in [-0.25, -0.2) is 0 Å². The first kappa shape index (κ1) is 18.4. The molecule has 2 aliphatic heterocycles. The highest BCUT2D eigenvalue weighted by Crippen LogP contribution is 2.28. The van der Waals surface area contributed by atoms with Gasteiger partial charge in [-0.3, -0.25) is 14.4 Å². The molecule has 0 aromatic heterocycles. The van der Waals surface area contributed by atoms with Crippen molar-refractivity contribution in [1.29, 1.82) is 0 Å². The Kier molecular flexibility index (Phi) is 5.59. The molecule has 0 spiro atoms. The molecule has 2 fully saturated rings. The quantitative estimate of drug-likeness (QED) is 0.892.